The van der Waals surface area contributed by atoms with Crippen molar-refractivity contribution in [3.63, 3.8) is 0 Å². The molecule has 0 atom stereocenters. The first-order valence-corrected chi connectivity index (χ1v) is 9.57. The summed E-state index contributed by atoms with van der Waals surface area (Å²) >= 11 is 0. The Morgan fingerprint density at radius 3 is 2.00 bits per heavy atom. The van der Waals surface area contributed by atoms with E-state index < -0.39 is 0 Å². The van der Waals surface area contributed by atoms with E-state index in [1.54, 1.807) is 12.5 Å². The summed E-state index contributed by atoms with van der Waals surface area (Å²) in [7, 11) is 0. The van der Waals surface area contributed by atoms with E-state index in [4.69, 9.17) is 0 Å². The Morgan fingerprint density at radius 1 is 0.567 bits per heavy atom. The molecule has 0 amide bonds. The Kier molecular flexibility index (Phi) is 4.72. The van der Waals surface area contributed by atoms with Crippen LogP contribution in [0.2, 0.25) is 0 Å². The third-order valence-electron chi connectivity index (χ3n) is 4.61. The zero-order chi connectivity index (χ0) is 20.2. The minimum absolute atomic E-state index is 0.706. The minimum Gasteiger partial charge on any atom is -0.340 e. The molecule has 6 heteroatoms. The van der Waals surface area contributed by atoms with E-state index in [2.05, 4.69) is 30.6 Å². The Labute approximate surface area is 173 Å². The molecule has 0 unspecified atom stereocenters. The standard InChI is InChI=1S/C24H18N6/c1-2-6-17(7-3-1)22-14-23(27-16-26-22)28-18-10-12-19(13-11-18)29-24-15-25-20-8-4-5-9-21(20)30-24/h1-16H,(H,29,30)(H,26,27,28). The molecule has 0 spiro atoms. The molecule has 6 nitrogen and oxygen atoms in total. The van der Waals surface area contributed by atoms with Crippen molar-refractivity contribution in [2.75, 3.05) is 10.6 Å². The van der Waals surface area contributed by atoms with Crippen LogP contribution in [-0.4, -0.2) is 19.9 Å². The van der Waals surface area contributed by atoms with Gasteiger partial charge in [0.2, 0.25) is 0 Å². The van der Waals surface area contributed by atoms with Gasteiger partial charge in [-0.1, -0.05) is 42.5 Å². The van der Waals surface area contributed by atoms with Gasteiger partial charge in [0.25, 0.3) is 0 Å². The van der Waals surface area contributed by atoms with Crippen LogP contribution in [0.4, 0.5) is 23.0 Å². The molecule has 0 aliphatic heterocycles. The number of benzene rings is 3. The van der Waals surface area contributed by atoms with Gasteiger partial charge in [-0.2, -0.15) is 0 Å². The van der Waals surface area contributed by atoms with Gasteiger partial charge >= 0.3 is 0 Å². The van der Waals surface area contributed by atoms with Crippen molar-refractivity contribution in [2.45, 2.75) is 0 Å². The molecule has 0 aliphatic rings. The average molecular weight is 390 g/mol. The lowest BCUT2D eigenvalue weighted by molar-refractivity contribution is 1.17. The lowest BCUT2D eigenvalue weighted by atomic mass is 10.1. The van der Waals surface area contributed by atoms with Gasteiger partial charge in [0, 0.05) is 23.0 Å². The van der Waals surface area contributed by atoms with E-state index in [-0.39, 0.29) is 0 Å². The summed E-state index contributed by atoms with van der Waals surface area (Å²) in [6.45, 7) is 0. The largest absolute Gasteiger partial charge is 0.340 e. The maximum Gasteiger partial charge on any atom is 0.149 e. The van der Waals surface area contributed by atoms with Crippen molar-refractivity contribution in [1.82, 2.24) is 19.9 Å². The molecule has 2 heterocycles. The third-order valence-corrected chi connectivity index (χ3v) is 4.61. The first-order chi connectivity index (χ1) is 14.8. The molecule has 2 aromatic heterocycles. The van der Waals surface area contributed by atoms with Gasteiger partial charge < -0.3 is 10.6 Å². The SMILES string of the molecule is c1ccc(-c2cc(Nc3ccc(Nc4cnc5ccccc5n4)cc3)ncn2)cc1. The highest BCUT2D eigenvalue weighted by Gasteiger charge is 2.03. The average Bonchev–Trinajstić information content (AvgIpc) is 2.81. The fraction of sp³-hybridized carbons (Fsp3) is 0. The van der Waals surface area contributed by atoms with Crippen LogP contribution >= 0.6 is 0 Å². The second kappa shape index (κ2) is 7.97. The van der Waals surface area contributed by atoms with Gasteiger partial charge in [0.15, 0.2) is 0 Å². The van der Waals surface area contributed by atoms with E-state index >= 15 is 0 Å². The number of fused-ring (bicyclic) bond motifs is 1. The zero-order valence-corrected chi connectivity index (χ0v) is 16.0. The predicted molar refractivity (Wildman–Crippen MR) is 120 cm³/mol. The van der Waals surface area contributed by atoms with Crippen LogP contribution in [0.3, 0.4) is 0 Å². The number of aromatic nitrogens is 4. The first-order valence-electron chi connectivity index (χ1n) is 9.57. The van der Waals surface area contributed by atoms with Crippen molar-refractivity contribution in [1.29, 1.82) is 0 Å². The Balaban J connectivity index is 1.30. The van der Waals surface area contributed by atoms with Gasteiger partial charge in [-0.05, 0) is 36.4 Å². The Hall–Kier alpha value is -4.32. The summed E-state index contributed by atoms with van der Waals surface area (Å²) in [5.41, 5.74) is 5.53. The lowest BCUT2D eigenvalue weighted by Crippen LogP contribution is -1.97. The molecule has 144 valence electrons. The van der Waals surface area contributed by atoms with Crippen molar-refractivity contribution >= 4 is 34.0 Å². The summed E-state index contributed by atoms with van der Waals surface area (Å²) in [6.07, 6.45) is 3.31. The molecule has 2 N–H and O–H groups in total. The molecule has 5 rings (SSSR count). The van der Waals surface area contributed by atoms with Crippen molar-refractivity contribution < 1.29 is 0 Å². The summed E-state index contributed by atoms with van der Waals surface area (Å²) in [5, 5.41) is 6.61. The smallest absolute Gasteiger partial charge is 0.149 e. The zero-order valence-electron chi connectivity index (χ0n) is 16.0. The molecule has 0 saturated carbocycles. The predicted octanol–water partition coefficient (Wildman–Crippen LogP) is 5.57. The van der Waals surface area contributed by atoms with E-state index in [1.165, 1.54) is 0 Å². The molecule has 0 saturated heterocycles. The van der Waals surface area contributed by atoms with Gasteiger partial charge in [0.05, 0.1) is 22.9 Å². The molecule has 0 radical (unpaired) electrons. The number of rotatable bonds is 5. The maximum absolute atomic E-state index is 4.59. The van der Waals surface area contributed by atoms with Crippen molar-refractivity contribution in [3.8, 4) is 11.3 Å². The van der Waals surface area contributed by atoms with Crippen LogP contribution in [0.1, 0.15) is 0 Å². The molecule has 5 aromatic rings. The second-order valence-corrected chi connectivity index (χ2v) is 6.73. The van der Waals surface area contributed by atoms with Crippen LogP contribution in [0.25, 0.3) is 22.3 Å². The lowest BCUT2D eigenvalue weighted by Gasteiger charge is -2.09. The number of para-hydroxylation sites is 2. The van der Waals surface area contributed by atoms with Crippen LogP contribution in [0.5, 0.6) is 0 Å². The topological polar surface area (TPSA) is 75.6 Å². The van der Waals surface area contributed by atoms with Crippen LogP contribution in [0, 0.1) is 0 Å². The number of nitrogens with one attached hydrogen (secondary N) is 2. The summed E-state index contributed by atoms with van der Waals surface area (Å²) in [4.78, 5) is 17.7. The quantitative estimate of drug-likeness (QED) is 0.408. The maximum atomic E-state index is 4.59. The van der Waals surface area contributed by atoms with Crippen LogP contribution in [-0.2, 0) is 0 Å². The second-order valence-electron chi connectivity index (χ2n) is 6.73. The number of hydrogen-bond donors (Lipinski definition) is 2. The van der Waals surface area contributed by atoms with Crippen molar-refractivity contribution in [3.05, 3.63) is 97.5 Å². The number of nitrogens with zero attached hydrogens (tertiary/aromatic N) is 4. The highest BCUT2D eigenvalue weighted by Crippen LogP contribution is 2.23. The molecular weight excluding hydrogens is 372 g/mol. The summed E-state index contributed by atoms with van der Waals surface area (Å²) in [6, 6.07) is 27.7. The monoisotopic (exact) mass is 390 g/mol. The molecular formula is C24H18N6. The number of anilines is 4. The highest BCUT2D eigenvalue weighted by atomic mass is 15.0. The third kappa shape index (κ3) is 3.93. The normalized spacial score (nSPS) is 10.7. The van der Waals surface area contributed by atoms with E-state index in [9.17, 15) is 0 Å². The fourth-order valence-electron chi connectivity index (χ4n) is 3.14. The van der Waals surface area contributed by atoms with Gasteiger partial charge in [-0.25, -0.2) is 15.0 Å². The number of hydrogen-bond acceptors (Lipinski definition) is 6. The Bertz CT molecular complexity index is 1290. The summed E-state index contributed by atoms with van der Waals surface area (Å²) in [5.74, 6) is 1.45. The van der Waals surface area contributed by atoms with E-state index in [0.717, 1.165) is 39.5 Å². The fourth-order valence-corrected chi connectivity index (χ4v) is 3.14. The molecule has 3 aromatic carbocycles. The van der Waals surface area contributed by atoms with Gasteiger partial charge in [0.1, 0.15) is 18.0 Å². The first kappa shape index (κ1) is 17.8. The Morgan fingerprint density at radius 2 is 1.23 bits per heavy atom. The summed E-state index contributed by atoms with van der Waals surface area (Å²) < 4.78 is 0. The van der Waals surface area contributed by atoms with Crippen LogP contribution in [0.15, 0.2) is 97.5 Å². The van der Waals surface area contributed by atoms with Crippen molar-refractivity contribution in [2.24, 2.45) is 0 Å². The molecule has 0 fully saturated rings. The molecule has 0 bridgehead atoms. The highest BCUT2D eigenvalue weighted by molar-refractivity contribution is 5.76. The molecule has 30 heavy (non-hydrogen) atoms. The van der Waals surface area contributed by atoms with Gasteiger partial charge in [-0.15, -0.1) is 0 Å². The van der Waals surface area contributed by atoms with E-state index in [0.29, 0.717) is 5.82 Å². The van der Waals surface area contributed by atoms with E-state index in [1.807, 2.05) is 84.9 Å². The van der Waals surface area contributed by atoms with Gasteiger partial charge in [-0.3, -0.25) is 4.98 Å². The minimum atomic E-state index is 0.706. The van der Waals surface area contributed by atoms with Crippen LogP contribution < -0.4 is 10.6 Å². The molecule has 0 aliphatic carbocycles.